The molecular formula is C17H27ClN2. The van der Waals surface area contributed by atoms with Gasteiger partial charge in [0.15, 0.2) is 0 Å². The van der Waals surface area contributed by atoms with Crippen molar-refractivity contribution in [3.63, 3.8) is 0 Å². The van der Waals surface area contributed by atoms with Gasteiger partial charge in [-0.2, -0.15) is 0 Å². The molecule has 1 saturated carbocycles. The first-order valence-electron chi connectivity index (χ1n) is 7.62. The second kappa shape index (κ2) is 6.46. The Kier molecular flexibility index (Phi) is 5.11. The van der Waals surface area contributed by atoms with Crippen molar-refractivity contribution >= 4 is 11.6 Å². The zero-order chi connectivity index (χ0) is 14.8. The van der Waals surface area contributed by atoms with E-state index in [0.717, 1.165) is 17.4 Å². The Labute approximate surface area is 128 Å². The zero-order valence-corrected chi connectivity index (χ0v) is 13.7. The molecule has 0 saturated heterocycles. The normalized spacial score (nSPS) is 28.6. The number of benzene rings is 1. The van der Waals surface area contributed by atoms with Crippen LogP contribution in [-0.4, -0.2) is 30.6 Å². The van der Waals surface area contributed by atoms with Crippen LogP contribution in [0, 0.1) is 5.92 Å². The second-order valence-corrected chi connectivity index (χ2v) is 7.01. The van der Waals surface area contributed by atoms with Crippen LogP contribution >= 0.6 is 11.6 Å². The maximum Gasteiger partial charge on any atom is 0.0438 e. The summed E-state index contributed by atoms with van der Waals surface area (Å²) in [4.78, 5) is 2.35. The maximum atomic E-state index is 6.65. The van der Waals surface area contributed by atoms with E-state index in [2.05, 4.69) is 32.0 Å². The minimum absolute atomic E-state index is 0.108. The van der Waals surface area contributed by atoms with E-state index < -0.39 is 0 Å². The summed E-state index contributed by atoms with van der Waals surface area (Å²) in [5.41, 5.74) is 7.92. The third-order valence-corrected chi connectivity index (χ3v) is 5.36. The number of hydrogen-bond acceptors (Lipinski definition) is 2. The molecule has 0 radical (unpaired) electrons. The number of nitrogens with two attached hydrogens (primary N) is 1. The molecule has 1 aliphatic carbocycles. The smallest absolute Gasteiger partial charge is 0.0438 e. The molecule has 0 spiro atoms. The molecule has 0 bridgehead atoms. The van der Waals surface area contributed by atoms with Gasteiger partial charge >= 0.3 is 0 Å². The van der Waals surface area contributed by atoms with Crippen molar-refractivity contribution in [3.8, 4) is 0 Å². The monoisotopic (exact) mass is 294 g/mol. The first-order chi connectivity index (χ1) is 9.45. The average Bonchev–Trinajstić information content (AvgIpc) is 2.41. The molecule has 3 unspecified atom stereocenters. The van der Waals surface area contributed by atoms with E-state index in [1.165, 1.54) is 31.2 Å². The molecule has 2 N–H and O–H groups in total. The Bertz CT molecular complexity index is 446. The van der Waals surface area contributed by atoms with Crippen molar-refractivity contribution in [1.82, 2.24) is 4.90 Å². The summed E-state index contributed by atoms with van der Waals surface area (Å²) in [7, 11) is 4.34. The van der Waals surface area contributed by atoms with E-state index in [-0.39, 0.29) is 11.6 Å². The standard InChI is InChI=1S/C17H27ClN2/c1-13-7-6-10-17(12-13,20(2)3)16(19)11-14-8-4-5-9-15(14)18/h4-5,8-9,13,16H,6-7,10-12,19H2,1-3H3. The molecule has 0 heterocycles. The lowest BCUT2D eigenvalue weighted by molar-refractivity contribution is 0.0504. The van der Waals surface area contributed by atoms with Crippen molar-refractivity contribution in [2.24, 2.45) is 11.7 Å². The lowest BCUT2D eigenvalue weighted by Crippen LogP contribution is -2.60. The maximum absolute atomic E-state index is 6.65. The van der Waals surface area contributed by atoms with Gasteiger partial charge in [-0.15, -0.1) is 0 Å². The summed E-state index contributed by atoms with van der Waals surface area (Å²) >= 11 is 6.29. The second-order valence-electron chi connectivity index (χ2n) is 6.60. The number of halogens is 1. The summed E-state index contributed by atoms with van der Waals surface area (Å²) in [6.07, 6.45) is 5.83. The molecule has 2 nitrogen and oxygen atoms in total. The SMILES string of the molecule is CC1CCCC(C(N)Cc2ccccc2Cl)(N(C)C)C1. The molecule has 1 aliphatic rings. The summed E-state index contributed by atoms with van der Waals surface area (Å²) in [6.45, 7) is 2.35. The van der Waals surface area contributed by atoms with Gasteiger partial charge in [-0.25, -0.2) is 0 Å². The molecule has 1 aromatic rings. The zero-order valence-electron chi connectivity index (χ0n) is 12.9. The van der Waals surface area contributed by atoms with Crippen molar-refractivity contribution in [3.05, 3.63) is 34.9 Å². The van der Waals surface area contributed by atoms with Gasteiger partial charge in [0.05, 0.1) is 0 Å². The fraction of sp³-hybridized carbons (Fsp3) is 0.647. The highest BCUT2D eigenvalue weighted by Gasteiger charge is 2.41. The van der Waals surface area contributed by atoms with E-state index in [1.54, 1.807) is 0 Å². The van der Waals surface area contributed by atoms with Crippen LogP contribution in [0.1, 0.15) is 38.2 Å². The highest BCUT2D eigenvalue weighted by Crippen LogP contribution is 2.38. The van der Waals surface area contributed by atoms with E-state index in [0.29, 0.717) is 0 Å². The predicted molar refractivity (Wildman–Crippen MR) is 87.2 cm³/mol. The fourth-order valence-electron chi connectivity index (χ4n) is 3.73. The van der Waals surface area contributed by atoms with Gasteiger partial charge in [0.2, 0.25) is 0 Å². The Hall–Kier alpha value is -0.570. The predicted octanol–water partition coefficient (Wildman–Crippen LogP) is 3.72. The Morgan fingerprint density at radius 1 is 1.40 bits per heavy atom. The van der Waals surface area contributed by atoms with Gasteiger partial charge in [0.25, 0.3) is 0 Å². The number of likely N-dealkylation sites (N-methyl/N-ethyl adjacent to an activating group) is 1. The molecule has 0 amide bonds. The van der Waals surface area contributed by atoms with Gasteiger partial charge in [0.1, 0.15) is 0 Å². The summed E-state index contributed by atoms with van der Waals surface area (Å²) in [5, 5.41) is 0.834. The molecule has 0 aliphatic heterocycles. The van der Waals surface area contributed by atoms with Crippen LogP contribution in [0.4, 0.5) is 0 Å². The van der Waals surface area contributed by atoms with E-state index in [1.807, 2.05) is 18.2 Å². The molecule has 112 valence electrons. The minimum Gasteiger partial charge on any atom is -0.326 e. The van der Waals surface area contributed by atoms with Gasteiger partial charge in [-0.1, -0.05) is 49.6 Å². The van der Waals surface area contributed by atoms with Crippen LogP contribution in [0.15, 0.2) is 24.3 Å². The topological polar surface area (TPSA) is 29.3 Å². The summed E-state index contributed by atoms with van der Waals surface area (Å²) < 4.78 is 0. The van der Waals surface area contributed by atoms with Crippen molar-refractivity contribution < 1.29 is 0 Å². The number of nitrogens with zero attached hydrogens (tertiary/aromatic N) is 1. The van der Waals surface area contributed by atoms with Gasteiger partial charge in [-0.05, 0) is 50.9 Å². The minimum atomic E-state index is 0.108. The van der Waals surface area contributed by atoms with Gasteiger partial charge in [0, 0.05) is 16.6 Å². The molecule has 0 aromatic heterocycles. The van der Waals surface area contributed by atoms with Crippen LogP contribution < -0.4 is 5.73 Å². The van der Waals surface area contributed by atoms with Gasteiger partial charge in [-0.3, -0.25) is 0 Å². The summed E-state index contributed by atoms with van der Waals surface area (Å²) in [6, 6.07) is 8.19. The van der Waals surface area contributed by atoms with Gasteiger partial charge < -0.3 is 10.6 Å². The first kappa shape index (κ1) is 15.8. The molecule has 1 aromatic carbocycles. The third-order valence-electron chi connectivity index (χ3n) is 4.99. The quantitative estimate of drug-likeness (QED) is 0.917. The number of hydrogen-bond donors (Lipinski definition) is 1. The molecule has 2 rings (SSSR count). The molecular weight excluding hydrogens is 268 g/mol. The van der Waals surface area contributed by atoms with E-state index in [4.69, 9.17) is 17.3 Å². The lowest BCUT2D eigenvalue weighted by Gasteiger charge is -2.49. The van der Waals surface area contributed by atoms with Crippen molar-refractivity contribution in [2.45, 2.75) is 50.6 Å². The van der Waals surface area contributed by atoms with Crippen LogP contribution in [0.2, 0.25) is 5.02 Å². The largest absolute Gasteiger partial charge is 0.326 e. The van der Waals surface area contributed by atoms with Crippen LogP contribution in [0.25, 0.3) is 0 Å². The highest BCUT2D eigenvalue weighted by molar-refractivity contribution is 6.31. The molecule has 3 atom stereocenters. The third kappa shape index (κ3) is 3.19. The van der Waals surface area contributed by atoms with Crippen LogP contribution in [-0.2, 0) is 6.42 Å². The van der Waals surface area contributed by atoms with E-state index >= 15 is 0 Å². The molecule has 20 heavy (non-hydrogen) atoms. The van der Waals surface area contributed by atoms with Crippen molar-refractivity contribution in [2.75, 3.05) is 14.1 Å². The van der Waals surface area contributed by atoms with E-state index in [9.17, 15) is 0 Å². The van der Waals surface area contributed by atoms with Crippen molar-refractivity contribution in [1.29, 1.82) is 0 Å². The fourth-order valence-corrected chi connectivity index (χ4v) is 3.94. The lowest BCUT2D eigenvalue weighted by atomic mass is 9.70. The first-order valence-corrected chi connectivity index (χ1v) is 8.00. The Morgan fingerprint density at radius 3 is 2.70 bits per heavy atom. The average molecular weight is 295 g/mol. The van der Waals surface area contributed by atoms with Crippen LogP contribution in [0.3, 0.4) is 0 Å². The summed E-state index contributed by atoms with van der Waals surface area (Å²) in [5.74, 6) is 0.753. The molecule has 3 heteroatoms. The number of rotatable bonds is 4. The molecule has 1 fully saturated rings. The Balaban J connectivity index is 2.19. The van der Waals surface area contributed by atoms with Crippen LogP contribution in [0.5, 0.6) is 0 Å². The highest BCUT2D eigenvalue weighted by atomic mass is 35.5. The Morgan fingerprint density at radius 2 is 2.10 bits per heavy atom.